The number of ether oxygens (including phenoxy) is 1. The summed E-state index contributed by atoms with van der Waals surface area (Å²) in [5, 5.41) is 4.99. The molecule has 1 aromatic rings. The van der Waals surface area contributed by atoms with E-state index in [9.17, 15) is 18.0 Å². The van der Waals surface area contributed by atoms with Gasteiger partial charge in [0.2, 0.25) is 15.9 Å². The Balaban J connectivity index is 2.14. The molecule has 3 N–H and O–H groups in total. The minimum absolute atomic E-state index is 0.0124. The highest BCUT2D eigenvalue weighted by Crippen LogP contribution is 2.31. The Labute approximate surface area is 128 Å². The Morgan fingerprint density at radius 1 is 1.41 bits per heavy atom. The zero-order valence-corrected chi connectivity index (χ0v) is 13.0. The summed E-state index contributed by atoms with van der Waals surface area (Å²) >= 11 is 0. The Kier molecular flexibility index (Phi) is 4.67. The largest absolute Gasteiger partial charge is 0.479 e. The summed E-state index contributed by atoms with van der Waals surface area (Å²) in [6.45, 7) is 1.59. The van der Waals surface area contributed by atoms with Gasteiger partial charge in [-0.05, 0) is 25.1 Å². The third-order valence-electron chi connectivity index (χ3n) is 3.12. The molecule has 1 aliphatic heterocycles. The van der Waals surface area contributed by atoms with Gasteiger partial charge < -0.3 is 15.4 Å². The molecule has 1 heterocycles. The van der Waals surface area contributed by atoms with Gasteiger partial charge in [-0.3, -0.25) is 9.59 Å². The molecule has 0 radical (unpaired) electrons. The molecule has 1 atom stereocenters. The van der Waals surface area contributed by atoms with E-state index in [4.69, 9.17) is 4.74 Å². The molecule has 8 nitrogen and oxygen atoms in total. The molecule has 0 saturated heterocycles. The van der Waals surface area contributed by atoms with Gasteiger partial charge in [-0.15, -0.1) is 0 Å². The number of carbonyl (C=O) groups excluding carboxylic acids is 2. The quantitative estimate of drug-likeness (QED) is 0.694. The molecule has 9 heteroatoms. The van der Waals surface area contributed by atoms with Crippen molar-refractivity contribution in [3.05, 3.63) is 18.2 Å². The van der Waals surface area contributed by atoms with E-state index in [2.05, 4.69) is 15.4 Å². The second kappa shape index (κ2) is 6.32. The van der Waals surface area contributed by atoms with Crippen molar-refractivity contribution < 1.29 is 22.7 Å². The lowest BCUT2D eigenvalue weighted by atomic mass is 10.2. The minimum Gasteiger partial charge on any atom is -0.479 e. The van der Waals surface area contributed by atoms with Crippen LogP contribution in [0.2, 0.25) is 0 Å². The van der Waals surface area contributed by atoms with Gasteiger partial charge in [0, 0.05) is 20.0 Å². The number of rotatable bonds is 5. The SMILES string of the molecule is CNC(=O)CCNS(=O)(=O)c1ccc2c(c1)NC(=O)C(C)O2. The van der Waals surface area contributed by atoms with Crippen molar-refractivity contribution in [2.75, 3.05) is 18.9 Å². The van der Waals surface area contributed by atoms with Crippen LogP contribution in [0.4, 0.5) is 5.69 Å². The normalized spacial score (nSPS) is 17.2. The molecule has 1 aliphatic rings. The second-order valence-corrected chi connectivity index (χ2v) is 6.50. The first-order valence-corrected chi connectivity index (χ1v) is 8.13. The van der Waals surface area contributed by atoms with Crippen LogP contribution in [0.25, 0.3) is 0 Å². The van der Waals surface area contributed by atoms with E-state index in [0.717, 1.165) is 0 Å². The van der Waals surface area contributed by atoms with Crippen LogP contribution in [0.1, 0.15) is 13.3 Å². The Morgan fingerprint density at radius 2 is 2.14 bits per heavy atom. The Hall–Kier alpha value is -2.13. The molecule has 1 unspecified atom stereocenters. The van der Waals surface area contributed by atoms with Crippen molar-refractivity contribution in [2.24, 2.45) is 0 Å². The van der Waals surface area contributed by atoms with Crippen LogP contribution in [0.3, 0.4) is 0 Å². The van der Waals surface area contributed by atoms with Gasteiger partial charge in [0.25, 0.3) is 5.91 Å². The standard InChI is InChI=1S/C13H17N3O5S/c1-8-13(18)16-10-7-9(3-4-11(10)21-8)22(19,20)15-6-5-12(17)14-2/h3-4,7-8,15H,5-6H2,1-2H3,(H,14,17)(H,16,18). The maximum atomic E-state index is 12.1. The summed E-state index contributed by atoms with van der Waals surface area (Å²) in [5.41, 5.74) is 0.303. The molecule has 2 amide bonds. The average Bonchev–Trinajstić information content (AvgIpc) is 2.47. The molecule has 1 aromatic carbocycles. The number of hydrogen-bond acceptors (Lipinski definition) is 5. The summed E-state index contributed by atoms with van der Waals surface area (Å²) in [5.74, 6) is -0.186. The summed E-state index contributed by atoms with van der Waals surface area (Å²) in [4.78, 5) is 22.6. The number of anilines is 1. The number of amides is 2. The molecular weight excluding hydrogens is 310 g/mol. The summed E-state index contributed by atoms with van der Waals surface area (Å²) < 4.78 is 32.0. The number of benzene rings is 1. The summed E-state index contributed by atoms with van der Waals surface area (Å²) in [6, 6.07) is 4.19. The van der Waals surface area contributed by atoms with Gasteiger partial charge in [-0.25, -0.2) is 13.1 Å². The van der Waals surface area contributed by atoms with Crippen LogP contribution < -0.4 is 20.1 Å². The lowest BCUT2D eigenvalue weighted by molar-refractivity contribution is -0.123. The molecule has 0 fully saturated rings. The first kappa shape index (κ1) is 16.2. The van der Waals surface area contributed by atoms with Crippen LogP contribution in [-0.2, 0) is 19.6 Å². The van der Waals surface area contributed by atoms with E-state index >= 15 is 0 Å². The van der Waals surface area contributed by atoms with E-state index in [1.807, 2.05) is 0 Å². The van der Waals surface area contributed by atoms with Crippen molar-refractivity contribution in [2.45, 2.75) is 24.3 Å². The van der Waals surface area contributed by atoms with Crippen molar-refractivity contribution in [1.82, 2.24) is 10.0 Å². The molecule has 22 heavy (non-hydrogen) atoms. The third-order valence-corrected chi connectivity index (χ3v) is 4.57. The van der Waals surface area contributed by atoms with E-state index in [0.29, 0.717) is 11.4 Å². The van der Waals surface area contributed by atoms with Gasteiger partial charge >= 0.3 is 0 Å². The first-order chi connectivity index (χ1) is 10.3. The lowest BCUT2D eigenvalue weighted by Gasteiger charge is -2.23. The molecule has 120 valence electrons. The van der Waals surface area contributed by atoms with Crippen LogP contribution in [0.15, 0.2) is 23.1 Å². The first-order valence-electron chi connectivity index (χ1n) is 6.65. The van der Waals surface area contributed by atoms with Gasteiger partial charge in [-0.2, -0.15) is 0 Å². The van der Waals surface area contributed by atoms with Gasteiger partial charge in [0.15, 0.2) is 6.10 Å². The van der Waals surface area contributed by atoms with Crippen LogP contribution >= 0.6 is 0 Å². The Bertz CT molecular complexity index is 702. The molecular formula is C13H17N3O5S. The van der Waals surface area contributed by atoms with Crippen LogP contribution in [0.5, 0.6) is 5.75 Å². The lowest BCUT2D eigenvalue weighted by Crippen LogP contribution is -2.34. The fourth-order valence-corrected chi connectivity index (χ4v) is 2.92. The molecule has 0 bridgehead atoms. The predicted molar refractivity (Wildman–Crippen MR) is 79.0 cm³/mol. The number of nitrogens with one attached hydrogen (secondary N) is 3. The number of carbonyl (C=O) groups is 2. The van der Waals surface area contributed by atoms with Gasteiger partial charge in [-0.1, -0.05) is 0 Å². The minimum atomic E-state index is -3.77. The van der Waals surface area contributed by atoms with E-state index in [1.165, 1.54) is 25.2 Å². The highest BCUT2D eigenvalue weighted by molar-refractivity contribution is 7.89. The summed E-state index contributed by atoms with van der Waals surface area (Å²) in [7, 11) is -2.29. The van der Waals surface area contributed by atoms with E-state index in [1.54, 1.807) is 6.92 Å². The molecule has 0 aromatic heterocycles. The van der Waals surface area contributed by atoms with Crippen LogP contribution in [0, 0.1) is 0 Å². The van der Waals surface area contributed by atoms with Gasteiger partial charge in [0.05, 0.1) is 10.6 Å². The van der Waals surface area contributed by atoms with E-state index < -0.39 is 16.1 Å². The van der Waals surface area contributed by atoms with Crippen LogP contribution in [-0.4, -0.2) is 39.9 Å². The van der Waals surface area contributed by atoms with Gasteiger partial charge in [0.1, 0.15) is 5.75 Å². The number of hydrogen-bond donors (Lipinski definition) is 3. The zero-order chi connectivity index (χ0) is 16.3. The van der Waals surface area contributed by atoms with Crippen molar-refractivity contribution >= 4 is 27.5 Å². The average molecular weight is 327 g/mol. The molecule has 0 aliphatic carbocycles. The number of sulfonamides is 1. The maximum absolute atomic E-state index is 12.1. The maximum Gasteiger partial charge on any atom is 0.265 e. The molecule has 0 spiro atoms. The fraction of sp³-hybridized carbons (Fsp3) is 0.385. The highest BCUT2D eigenvalue weighted by Gasteiger charge is 2.25. The van der Waals surface area contributed by atoms with E-state index in [-0.39, 0.29) is 29.7 Å². The van der Waals surface area contributed by atoms with Crippen molar-refractivity contribution in [1.29, 1.82) is 0 Å². The Morgan fingerprint density at radius 3 is 2.82 bits per heavy atom. The molecule has 2 rings (SSSR count). The predicted octanol–water partition coefficient (Wildman–Crippen LogP) is -0.180. The fourth-order valence-electron chi connectivity index (χ4n) is 1.86. The monoisotopic (exact) mass is 327 g/mol. The summed E-state index contributed by atoms with van der Waals surface area (Å²) in [6.07, 6.45) is -0.585. The number of fused-ring (bicyclic) bond motifs is 1. The second-order valence-electron chi connectivity index (χ2n) is 4.73. The zero-order valence-electron chi connectivity index (χ0n) is 12.2. The third kappa shape index (κ3) is 3.55. The smallest absolute Gasteiger partial charge is 0.265 e. The van der Waals surface area contributed by atoms with Crippen molar-refractivity contribution in [3.63, 3.8) is 0 Å². The topological polar surface area (TPSA) is 114 Å². The molecule has 0 saturated carbocycles. The highest BCUT2D eigenvalue weighted by atomic mass is 32.2. The van der Waals surface area contributed by atoms with Crippen molar-refractivity contribution in [3.8, 4) is 5.75 Å².